The van der Waals surface area contributed by atoms with Crippen molar-refractivity contribution in [3.63, 3.8) is 0 Å². The van der Waals surface area contributed by atoms with Crippen molar-refractivity contribution < 1.29 is 4.39 Å². The maximum Gasteiger partial charge on any atom is 0.126 e. The summed E-state index contributed by atoms with van der Waals surface area (Å²) < 4.78 is 14.3. The third kappa shape index (κ3) is 3.57. The van der Waals surface area contributed by atoms with E-state index >= 15 is 0 Å². The number of nitrogens with zero attached hydrogens (tertiary/aromatic N) is 1. The Morgan fingerprint density at radius 3 is 2.70 bits per heavy atom. The minimum absolute atomic E-state index is 0.176. The van der Waals surface area contributed by atoms with Gasteiger partial charge in [-0.25, -0.2) is 9.37 Å². The molecule has 1 aromatic heterocycles. The second kappa shape index (κ2) is 5.92. The SMILES string of the molecule is Cc1cc(NCC(C)(C)c2cccc(F)c2)ncc1Br. The van der Waals surface area contributed by atoms with E-state index in [0.717, 1.165) is 21.4 Å². The van der Waals surface area contributed by atoms with E-state index in [0.29, 0.717) is 6.54 Å². The molecule has 0 amide bonds. The predicted octanol–water partition coefficient (Wildman–Crippen LogP) is 4.68. The molecule has 1 heterocycles. The van der Waals surface area contributed by atoms with Crippen LogP contribution in [0.5, 0.6) is 0 Å². The molecule has 2 rings (SSSR count). The van der Waals surface area contributed by atoms with Crippen LogP contribution in [0.25, 0.3) is 0 Å². The number of hydrogen-bond donors (Lipinski definition) is 1. The average molecular weight is 337 g/mol. The van der Waals surface area contributed by atoms with E-state index in [9.17, 15) is 4.39 Å². The average Bonchev–Trinajstić information content (AvgIpc) is 2.40. The minimum atomic E-state index is -0.201. The van der Waals surface area contributed by atoms with E-state index in [2.05, 4.69) is 40.1 Å². The summed E-state index contributed by atoms with van der Waals surface area (Å²) in [5.41, 5.74) is 1.93. The number of nitrogens with one attached hydrogen (secondary N) is 1. The van der Waals surface area contributed by atoms with Crippen molar-refractivity contribution in [1.82, 2.24) is 4.98 Å². The highest BCUT2D eigenvalue weighted by molar-refractivity contribution is 9.10. The van der Waals surface area contributed by atoms with Gasteiger partial charge in [0.2, 0.25) is 0 Å². The fraction of sp³-hybridized carbons (Fsp3) is 0.312. The Bertz CT molecular complexity index is 611. The molecule has 1 aromatic carbocycles. The predicted molar refractivity (Wildman–Crippen MR) is 84.6 cm³/mol. The molecule has 106 valence electrons. The quantitative estimate of drug-likeness (QED) is 0.876. The Morgan fingerprint density at radius 2 is 2.05 bits per heavy atom. The zero-order chi connectivity index (χ0) is 14.8. The molecule has 0 fully saturated rings. The van der Waals surface area contributed by atoms with Crippen molar-refractivity contribution >= 4 is 21.7 Å². The first-order valence-electron chi connectivity index (χ1n) is 6.50. The molecular weight excluding hydrogens is 319 g/mol. The van der Waals surface area contributed by atoms with Crippen molar-refractivity contribution in [2.45, 2.75) is 26.2 Å². The number of aryl methyl sites for hydroxylation is 1. The number of benzene rings is 1. The summed E-state index contributed by atoms with van der Waals surface area (Å²) in [4.78, 5) is 4.32. The number of rotatable bonds is 4. The van der Waals surface area contributed by atoms with Crippen LogP contribution in [0.1, 0.15) is 25.0 Å². The van der Waals surface area contributed by atoms with Gasteiger partial charge in [-0.3, -0.25) is 0 Å². The van der Waals surface area contributed by atoms with Crippen LogP contribution in [-0.2, 0) is 5.41 Å². The Morgan fingerprint density at radius 1 is 1.30 bits per heavy atom. The molecule has 4 heteroatoms. The topological polar surface area (TPSA) is 24.9 Å². The summed E-state index contributed by atoms with van der Waals surface area (Å²) in [6.45, 7) is 6.88. The van der Waals surface area contributed by atoms with Gasteiger partial charge in [-0.1, -0.05) is 26.0 Å². The molecule has 0 aliphatic heterocycles. The van der Waals surface area contributed by atoms with Crippen molar-refractivity contribution in [3.8, 4) is 0 Å². The summed E-state index contributed by atoms with van der Waals surface area (Å²) >= 11 is 3.43. The molecule has 0 saturated heterocycles. The standard InChI is InChI=1S/C16H18BrFN2/c1-11-7-15(19-9-14(11)17)20-10-16(2,3)12-5-4-6-13(18)8-12/h4-9H,10H2,1-3H3,(H,19,20). The van der Waals surface area contributed by atoms with Crippen molar-refractivity contribution in [2.75, 3.05) is 11.9 Å². The molecular formula is C16H18BrFN2. The fourth-order valence-corrected chi connectivity index (χ4v) is 2.18. The Kier molecular flexibility index (Phi) is 4.43. The first-order chi connectivity index (χ1) is 9.38. The van der Waals surface area contributed by atoms with E-state index in [1.165, 1.54) is 6.07 Å². The highest BCUT2D eigenvalue weighted by Gasteiger charge is 2.21. The molecule has 0 saturated carbocycles. The van der Waals surface area contributed by atoms with E-state index in [4.69, 9.17) is 0 Å². The van der Waals surface area contributed by atoms with Gasteiger partial charge in [0.05, 0.1) is 0 Å². The lowest BCUT2D eigenvalue weighted by atomic mass is 9.84. The minimum Gasteiger partial charge on any atom is -0.369 e. The highest BCUT2D eigenvalue weighted by Crippen LogP contribution is 2.25. The third-order valence-corrected chi connectivity index (χ3v) is 4.19. The van der Waals surface area contributed by atoms with Gasteiger partial charge in [0.15, 0.2) is 0 Å². The number of anilines is 1. The summed E-state index contributed by atoms with van der Waals surface area (Å²) in [5, 5.41) is 3.32. The van der Waals surface area contributed by atoms with Crippen molar-refractivity contribution in [2.24, 2.45) is 0 Å². The molecule has 2 aromatic rings. The summed E-state index contributed by atoms with van der Waals surface area (Å²) in [7, 11) is 0. The van der Waals surface area contributed by atoms with Gasteiger partial charge in [0, 0.05) is 22.6 Å². The fourth-order valence-electron chi connectivity index (χ4n) is 1.96. The molecule has 0 unspecified atom stereocenters. The molecule has 0 radical (unpaired) electrons. The first-order valence-corrected chi connectivity index (χ1v) is 7.30. The van der Waals surface area contributed by atoms with Crippen molar-refractivity contribution in [1.29, 1.82) is 0 Å². The lowest BCUT2D eigenvalue weighted by Gasteiger charge is -2.26. The summed E-state index contributed by atoms with van der Waals surface area (Å²) in [5.74, 6) is 0.628. The van der Waals surface area contributed by atoms with E-state index < -0.39 is 0 Å². The molecule has 2 nitrogen and oxygen atoms in total. The Balaban J connectivity index is 2.10. The van der Waals surface area contributed by atoms with Crippen LogP contribution in [0.4, 0.5) is 10.2 Å². The van der Waals surface area contributed by atoms with Crippen LogP contribution in [0.2, 0.25) is 0 Å². The molecule has 0 bridgehead atoms. The molecule has 0 aliphatic carbocycles. The Labute approximate surface area is 127 Å². The van der Waals surface area contributed by atoms with Crippen LogP contribution in [-0.4, -0.2) is 11.5 Å². The van der Waals surface area contributed by atoms with Crippen LogP contribution in [0.3, 0.4) is 0 Å². The largest absolute Gasteiger partial charge is 0.369 e. The Hall–Kier alpha value is -1.42. The summed E-state index contributed by atoms with van der Waals surface area (Å²) in [6.07, 6.45) is 1.78. The third-order valence-electron chi connectivity index (χ3n) is 3.36. The number of hydrogen-bond acceptors (Lipinski definition) is 2. The van der Waals surface area contributed by atoms with Crippen LogP contribution in [0.15, 0.2) is 41.0 Å². The van der Waals surface area contributed by atoms with Gasteiger partial charge in [-0.2, -0.15) is 0 Å². The summed E-state index contributed by atoms with van der Waals surface area (Å²) in [6, 6.07) is 8.74. The first kappa shape index (κ1) is 15.0. The van der Waals surface area contributed by atoms with Crippen LogP contribution in [0, 0.1) is 12.7 Å². The number of pyridine rings is 1. The number of halogens is 2. The maximum atomic E-state index is 13.3. The van der Waals surface area contributed by atoms with E-state index in [1.54, 1.807) is 18.3 Å². The van der Waals surface area contributed by atoms with Gasteiger partial charge in [-0.15, -0.1) is 0 Å². The zero-order valence-corrected chi connectivity index (χ0v) is 13.5. The maximum absolute atomic E-state index is 13.3. The van der Waals surface area contributed by atoms with Gasteiger partial charge in [-0.05, 0) is 52.2 Å². The molecule has 0 spiro atoms. The smallest absolute Gasteiger partial charge is 0.126 e. The van der Waals surface area contributed by atoms with Crippen LogP contribution >= 0.6 is 15.9 Å². The van der Waals surface area contributed by atoms with Gasteiger partial charge < -0.3 is 5.32 Å². The monoisotopic (exact) mass is 336 g/mol. The van der Waals surface area contributed by atoms with Crippen LogP contribution < -0.4 is 5.32 Å². The van der Waals surface area contributed by atoms with Gasteiger partial charge >= 0.3 is 0 Å². The van der Waals surface area contributed by atoms with Crippen molar-refractivity contribution in [3.05, 3.63) is 57.9 Å². The second-order valence-electron chi connectivity index (χ2n) is 5.57. The molecule has 0 aliphatic rings. The normalized spacial score (nSPS) is 11.4. The van der Waals surface area contributed by atoms with E-state index in [1.807, 2.05) is 19.1 Å². The zero-order valence-electron chi connectivity index (χ0n) is 11.9. The second-order valence-corrected chi connectivity index (χ2v) is 6.42. The highest BCUT2D eigenvalue weighted by atomic mass is 79.9. The molecule has 1 N–H and O–H groups in total. The van der Waals surface area contributed by atoms with Gasteiger partial charge in [0.1, 0.15) is 11.6 Å². The molecule has 20 heavy (non-hydrogen) atoms. The van der Waals surface area contributed by atoms with E-state index in [-0.39, 0.29) is 11.2 Å². The van der Waals surface area contributed by atoms with Gasteiger partial charge in [0.25, 0.3) is 0 Å². The lowest BCUT2D eigenvalue weighted by Crippen LogP contribution is -2.28. The number of aromatic nitrogens is 1. The molecule has 0 atom stereocenters. The lowest BCUT2D eigenvalue weighted by molar-refractivity contribution is 0.545.